The average Bonchev–Trinajstić information content (AvgIpc) is 2.56. The Morgan fingerprint density at radius 1 is 1.04 bits per heavy atom. The van der Waals surface area contributed by atoms with E-state index in [4.69, 9.17) is 4.74 Å². The number of amides is 1. The van der Waals surface area contributed by atoms with Crippen LogP contribution in [0.2, 0.25) is 0 Å². The quantitative estimate of drug-likeness (QED) is 0.748. The molecule has 1 N–H and O–H groups in total. The Morgan fingerprint density at radius 2 is 1.76 bits per heavy atom. The lowest BCUT2D eigenvalue weighted by Gasteiger charge is -2.09. The molecule has 0 unspecified atom stereocenters. The first-order valence-corrected chi connectivity index (χ1v) is 7.48. The van der Waals surface area contributed by atoms with E-state index in [1.54, 1.807) is 18.2 Å². The Bertz CT molecular complexity index is 891. The van der Waals surface area contributed by atoms with E-state index in [-0.39, 0.29) is 17.5 Å². The maximum Gasteiger partial charge on any atom is 0.255 e. The Balaban J connectivity index is 1.70. The van der Waals surface area contributed by atoms with E-state index in [1.165, 1.54) is 12.3 Å². The molecule has 1 amide bonds. The summed E-state index contributed by atoms with van der Waals surface area (Å²) in [4.78, 5) is 16.3. The summed E-state index contributed by atoms with van der Waals surface area (Å²) >= 11 is 0. The molecule has 126 valence electrons. The summed E-state index contributed by atoms with van der Waals surface area (Å²) in [5.74, 6) is -1.57. The van der Waals surface area contributed by atoms with Crippen LogP contribution in [0.25, 0.3) is 0 Å². The number of benzene rings is 2. The number of carbonyl (C=O) groups excluding carboxylic acids is 1. The van der Waals surface area contributed by atoms with Crippen molar-refractivity contribution >= 4 is 11.6 Å². The summed E-state index contributed by atoms with van der Waals surface area (Å²) in [6, 6.07) is 13.2. The molecule has 0 fully saturated rings. The Hall–Kier alpha value is -3.28. The van der Waals surface area contributed by atoms with Crippen molar-refractivity contribution in [1.29, 1.82) is 0 Å². The molecule has 6 heteroatoms. The van der Waals surface area contributed by atoms with Gasteiger partial charge in [-0.05, 0) is 24.6 Å². The van der Waals surface area contributed by atoms with E-state index in [0.29, 0.717) is 11.3 Å². The highest BCUT2D eigenvalue weighted by Gasteiger charge is 2.09. The first-order valence-electron chi connectivity index (χ1n) is 7.48. The monoisotopic (exact) mass is 340 g/mol. The average molecular weight is 340 g/mol. The van der Waals surface area contributed by atoms with Crippen LogP contribution in [0.1, 0.15) is 15.9 Å². The van der Waals surface area contributed by atoms with Gasteiger partial charge >= 0.3 is 0 Å². The van der Waals surface area contributed by atoms with Gasteiger partial charge in [0.1, 0.15) is 17.4 Å². The molecule has 0 aliphatic carbocycles. The molecule has 25 heavy (non-hydrogen) atoms. The lowest BCUT2D eigenvalue weighted by molar-refractivity contribution is 0.102. The van der Waals surface area contributed by atoms with E-state index in [1.807, 2.05) is 19.1 Å². The molecule has 3 aromatic rings. The summed E-state index contributed by atoms with van der Waals surface area (Å²) in [5, 5.41) is 2.73. The van der Waals surface area contributed by atoms with Crippen LogP contribution in [0.5, 0.6) is 11.6 Å². The molecular formula is C19H14F2N2O2. The lowest BCUT2D eigenvalue weighted by Crippen LogP contribution is -2.13. The van der Waals surface area contributed by atoms with Gasteiger partial charge in [0.05, 0.1) is 11.9 Å². The minimum Gasteiger partial charge on any atom is -0.439 e. The number of aromatic nitrogens is 1. The molecular weight excluding hydrogens is 326 g/mol. The van der Waals surface area contributed by atoms with Crippen molar-refractivity contribution < 1.29 is 18.3 Å². The molecule has 4 nitrogen and oxygen atoms in total. The van der Waals surface area contributed by atoms with Crippen LogP contribution >= 0.6 is 0 Å². The number of hydrogen-bond donors (Lipinski definition) is 1. The molecule has 3 rings (SSSR count). The number of halogens is 2. The molecule has 0 atom stereocenters. The minimum absolute atomic E-state index is 0.00157. The van der Waals surface area contributed by atoms with Gasteiger partial charge in [0.25, 0.3) is 5.91 Å². The van der Waals surface area contributed by atoms with Crippen LogP contribution in [0.3, 0.4) is 0 Å². The third-order valence-electron chi connectivity index (χ3n) is 3.44. The second kappa shape index (κ2) is 7.09. The molecule has 0 bridgehead atoms. The number of hydrogen-bond acceptors (Lipinski definition) is 3. The first-order chi connectivity index (χ1) is 12.0. The normalized spacial score (nSPS) is 10.4. The van der Waals surface area contributed by atoms with Crippen molar-refractivity contribution in [3.8, 4) is 11.6 Å². The van der Waals surface area contributed by atoms with Crippen molar-refractivity contribution in [3.63, 3.8) is 0 Å². The maximum atomic E-state index is 13.1. The Labute approximate surface area is 143 Å². The fraction of sp³-hybridized carbons (Fsp3) is 0.0526. The van der Waals surface area contributed by atoms with Crippen molar-refractivity contribution in [3.05, 3.63) is 83.6 Å². The van der Waals surface area contributed by atoms with Crippen molar-refractivity contribution in [2.75, 3.05) is 5.32 Å². The lowest BCUT2D eigenvalue weighted by atomic mass is 10.1. The standard InChI is InChI=1S/C19H14F2N2O2/c1-12-4-2-3-5-17(12)19(24)23-15-6-7-18(22-11-15)25-16-9-13(20)8-14(21)10-16/h2-11H,1H3,(H,23,24). The van der Waals surface area contributed by atoms with Gasteiger partial charge in [0.2, 0.25) is 5.88 Å². The molecule has 2 aromatic carbocycles. The van der Waals surface area contributed by atoms with Gasteiger partial charge in [-0.25, -0.2) is 13.8 Å². The fourth-order valence-corrected chi connectivity index (χ4v) is 2.25. The third kappa shape index (κ3) is 4.17. The second-order valence-corrected chi connectivity index (χ2v) is 5.36. The van der Waals surface area contributed by atoms with Gasteiger partial charge in [0.15, 0.2) is 0 Å². The Morgan fingerprint density at radius 3 is 2.40 bits per heavy atom. The van der Waals surface area contributed by atoms with Crippen molar-refractivity contribution in [2.24, 2.45) is 0 Å². The second-order valence-electron chi connectivity index (χ2n) is 5.36. The number of pyridine rings is 1. The number of carbonyl (C=O) groups is 1. The van der Waals surface area contributed by atoms with Gasteiger partial charge in [-0.15, -0.1) is 0 Å². The molecule has 0 aliphatic heterocycles. The fourth-order valence-electron chi connectivity index (χ4n) is 2.25. The van der Waals surface area contributed by atoms with Gasteiger partial charge < -0.3 is 10.1 Å². The summed E-state index contributed by atoms with van der Waals surface area (Å²) in [6.45, 7) is 1.85. The van der Waals surface area contributed by atoms with Crippen molar-refractivity contribution in [2.45, 2.75) is 6.92 Å². The van der Waals surface area contributed by atoms with Crippen LogP contribution in [0, 0.1) is 18.6 Å². The van der Waals surface area contributed by atoms with Crippen LogP contribution < -0.4 is 10.1 Å². The molecule has 0 saturated heterocycles. The predicted octanol–water partition coefficient (Wildman–Crippen LogP) is 4.71. The number of ether oxygens (including phenoxy) is 1. The summed E-state index contributed by atoms with van der Waals surface area (Å²) in [7, 11) is 0. The van der Waals surface area contributed by atoms with E-state index in [0.717, 1.165) is 23.8 Å². The highest BCUT2D eigenvalue weighted by Crippen LogP contribution is 2.22. The number of aryl methyl sites for hydroxylation is 1. The zero-order valence-corrected chi connectivity index (χ0v) is 13.3. The van der Waals surface area contributed by atoms with Crippen LogP contribution in [0.4, 0.5) is 14.5 Å². The predicted molar refractivity (Wildman–Crippen MR) is 89.8 cm³/mol. The summed E-state index contributed by atoms with van der Waals surface area (Å²) < 4.78 is 31.6. The van der Waals surface area contributed by atoms with Crippen LogP contribution in [-0.4, -0.2) is 10.9 Å². The largest absolute Gasteiger partial charge is 0.439 e. The van der Waals surface area contributed by atoms with Gasteiger partial charge in [-0.2, -0.15) is 0 Å². The van der Waals surface area contributed by atoms with E-state index in [2.05, 4.69) is 10.3 Å². The van der Waals surface area contributed by atoms with Gasteiger partial charge in [-0.3, -0.25) is 4.79 Å². The minimum atomic E-state index is -0.739. The molecule has 1 heterocycles. The molecule has 0 spiro atoms. The number of anilines is 1. The summed E-state index contributed by atoms with van der Waals surface area (Å²) in [5.41, 5.74) is 1.91. The van der Waals surface area contributed by atoms with E-state index in [9.17, 15) is 13.6 Å². The molecule has 0 aliphatic rings. The number of nitrogens with one attached hydrogen (secondary N) is 1. The topological polar surface area (TPSA) is 51.2 Å². The van der Waals surface area contributed by atoms with Crippen molar-refractivity contribution in [1.82, 2.24) is 4.98 Å². The van der Waals surface area contributed by atoms with E-state index >= 15 is 0 Å². The Kier molecular flexibility index (Phi) is 4.70. The maximum absolute atomic E-state index is 13.1. The zero-order valence-electron chi connectivity index (χ0n) is 13.3. The number of nitrogens with zero attached hydrogens (tertiary/aromatic N) is 1. The van der Waals surface area contributed by atoms with E-state index < -0.39 is 11.6 Å². The van der Waals surface area contributed by atoms with Gasteiger partial charge in [-0.1, -0.05) is 18.2 Å². The summed E-state index contributed by atoms with van der Waals surface area (Å²) in [6.07, 6.45) is 1.40. The zero-order chi connectivity index (χ0) is 17.8. The molecule has 1 aromatic heterocycles. The first kappa shape index (κ1) is 16.6. The smallest absolute Gasteiger partial charge is 0.255 e. The molecule has 0 radical (unpaired) electrons. The SMILES string of the molecule is Cc1ccccc1C(=O)Nc1ccc(Oc2cc(F)cc(F)c2)nc1. The number of rotatable bonds is 4. The van der Waals surface area contributed by atoms with Crippen LogP contribution in [0.15, 0.2) is 60.8 Å². The molecule has 0 saturated carbocycles. The van der Waals surface area contributed by atoms with Gasteiger partial charge in [0, 0.05) is 29.8 Å². The highest BCUT2D eigenvalue weighted by atomic mass is 19.1. The highest BCUT2D eigenvalue weighted by molar-refractivity contribution is 6.05. The van der Waals surface area contributed by atoms with Crippen LogP contribution in [-0.2, 0) is 0 Å². The third-order valence-corrected chi connectivity index (χ3v) is 3.44.